The first-order chi connectivity index (χ1) is 17.4. The Morgan fingerprint density at radius 2 is 1.81 bits per heavy atom. The predicted octanol–water partition coefficient (Wildman–Crippen LogP) is 4.27. The van der Waals surface area contributed by atoms with E-state index in [0.29, 0.717) is 24.5 Å². The molecule has 1 saturated heterocycles. The summed E-state index contributed by atoms with van der Waals surface area (Å²) >= 11 is 0. The van der Waals surface area contributed by atoms with Crippen molar-refractivity contribution < 1.29 is 14.3 Å². The van der Waals surface area contributed by atoms with Gasteiger partial charge in [0.15, 0.2) is 0 Å². The van der Waals surface area contributed by atoms with Crippen molar-refractivity contribution in [2.45, 2.75) is 38.8 Å². The van der Waals surface area contributed by atoms with E-state index < -0.39 is 0 Å². The molecule has 2 amide bonds. The van der Waals surface area contributed by atoms with Crippen LogP contribution in [0.2, 0.25) is 0 Å². The second-order valence-electron chi connectivity index (χ2n) is 9.35. The van der Waals surface area contributed by atoms with Crippen LogP contribution in [0.1, 0.15) is 43.1 Å². The van der Waals surface area contributed by atoms with Gasteiger partial charge in [-0.05, 0) is 49.8 Å². The van der Waals surface area contributed by atoms with Crippen molar-refractivity contribution in [1.82, 2.24) is 29.4 Å². The Bertz CT molecular complexity index is 1400. The van der Waals surface area contributed by atoms with Crippen molar-refractivity contribution in [1.29, 1.82) is 0 Å². The lowest BCUT2D eigenvalue weighted by molar-refractivity contribution is 0.0653. The van der Waals surface area contributed by atoms with Gasteiger partial charge in [-0.3, -0.25) is 14.2 Å². The highest BCUT2D eigenvalue weighted by atomic mass is 16.6. The van der Waals surface area contributed by atoms with Crippen molar-refractivity contribution in [3.63, 3.8) is 0 Å². The highest BCUT2D eigenvalue weighted by molar-refractivity contribution is 6.04. The minimum Gasteiger partial charge on any atom is -0.447 e. The number of anilines is 1. The lowest BCUT2D eigenvalue weighted by Crippen LogP contribution is -2.40. The number of aromatic nitrogens is 5. The average Bonchev–Trinajstić information content (AvgIpc) is 3.53. The van der Waals surface area contributed by atoms with E-state index in [9.17, 15) is 9.59 Å². The Morgan fingerprint density at radius 3 is 2.53 bits per heavy atom. The van der Waals surface area contributed by atoms with Gasteiger partial charge in [0.1, 0.15) is 5.82 Å². The molecule has 1 aliphatic heterocycles. The van der Waals surface area contributed by atoms with Crippen molar-refractivity contribution in [3.05, 3.63) is 60.8 Å². The summed E-state index contributed by atoms with van der Waals surface area (Å²) in [5, 5.41) is 13.5. The summed E-state index contributed by atoms with van der Waals surface area (Å²) in [6.45, 7) is 4.88. The van der Waals surface area contributed by atoms with Crippen LogP contribution in [0.3, 0.4) is 0 Å². The summed E-state index contributed by atoms with van der Waals surface area (Å²) in [4.78, 5) is 31.1. The van der Waals surface area contributed by atoms with E-state index in [4.69, 9.17) is 4.74 Å². The van der Waals surface area contributed by atoms with E-state index >= 15 is 0 Å². The molecule has 0 bridgehead atoms. The van der Waals surface area contributed by atoms with Gasteiger partial charge in [0.05, 0.1) is 30.1 Å². The van der Waals surface area contributed by atoms with Crippen molar-refractivity contribution in [2.24, 2.45) is 7.05 Å². The number of likely N-dealkylation sites (tertiary alicyclic amines) is 1. The minimum atomic E-state index is -0.278. The molecular formula is C26H29N7O3. The molecule has 1 aromatic carbocycles. The van der Waals surface area contributed by atoms with Gasteiger partial charge in [-0.1, -0.05) is 12.1 Å². The number of rotatable bonds is 5. The maximum Gasteiger partial charge on any atom is 0.410 e. The largest absolute Gasteiger partial charge is 0.447 e. The van der Waals surface area contributed by atoms with Gasteiger partial charge in [0, 0.05) is 49.7 Å². The average molecular weight is 488 g/mol. The standard InChI is InChI=1S/C26H29N7O3/c1-17(2)36-26(35)32-8-6-23(7-9-32)33-16-22(14-29-33)25(34)30-24-11-20-10-18(4-5-19(20)12-27-24)21-13-28-31(3)15-21/h4-5,10-17,23H,6-9H2,1-3H3,(H,27,30,34). The number of pyridine rings is 1. The molecule has 0 atom stereocenters. The Morgan fingerprint density at radius 1 is 1.00 bits per heavy atom. The SMILES string of the molecule is CC(C)OC(=O)N1CCC(n2cc(C(=O)Nc3cc4cc(-c5cnn(C)c5)ccc4cn3)cn2)CC1. The Hall–Kier alpha value is -4.21. The fraction of sp³-hybridized carbons (Fsp3) is 0.346. The van der Waals surface area contributed by atoms with Crippen molar-refractivity contribution in [2.75, 3.05) is 18.4 Å². The number of hydrogen-bond acceptors (Lipinski definition) is 6. The highest BCUT2D eigenvalue weighted by Crippen LogP contribution is 2.26. The second-order valence-corrected chi connectivity index (χ2v) is 9.35. The molecule has 0 unspecified atom stereocenters. The van der Waals surface area contributed by atoms with Crippen LogP contribution in [-0.4, -0.2) is 60.6 Å². The number of carbonyl (C=O) groups is 2. The Labute approximate surface area is 208 Å². The van der Waals surface area contributed by atoms with Crippen molar-refractivity contribution in [3.8, 4) is 11.1 Å². The second kappa shape index (κ2) is 9.80. The number of carbonyl (C=O) groups excluding carboxylic acids is 2. The molecule has 186 valence electrons. The van der Waals surface area contributed by atoms with Crippen LogP contribution in [-0.2, 0) is 11.8 Å². The number of nitrogens with one attached hydrogen (secondary N) is 1. The molecule has 1 aliphatic rings. The van der Waals surface area contributed by atoms with Gasteiger partial charge < -0.3 is 15.0 Å². The van der Waals surface area contributed by atoms with E-state index in [1.807, 2.05) is 56.2 Å². The monoisotopic (exact) mass is 487 g/mol. The van der Waals surface area contributed by atoms with Crippen LogP contribution in [0.15, 0.2) is 55.2 Å². The predicted molar refractivity (Wildman–Crippen MR) is 136 cm³/mol. The van der Waals surface area contributed by atoms with E-state index in [0.717, 1.165) is 34.7 Å². The molecule has 0 saturated carbocycles. The maximum atomic E-state index is 12.9. The molecule has 1 N–H and O–H groups in total. The van der Waals surface area contributed by atoms with E-state index in [2.05, 4.69) is 26.6 Å². The molecule has 4 heterocycles. The number of fused-ring (bicyclic) bond motifs is 1. The third-order valence-corrected chi connectivity index (χ3v) is 6.30. The minimum absolute atomic E-state index is 0.124. The number of piperidine rings is 1. The third kappa shape index (κ3) is 5.07. The number of benzene rings is 1. The van der Waals surface area contributed by atoms with Crippen LogP contribution >= 0.6 is 0 Å². The summed E-state index contributed by atoms with van der Waals surface area (Å²) < 4.78 is 8.86. The van der Waals surface area contributed by atoms with Gasteiger partial charge in [0.2, 0.25) is 0 Å². The smallest absolute Gasteiger partial charge is 0.410 e. The summed E-state index contributed by atoms with van der Waals surface area (Å²) in [5.74, 6) is 0.204. The first-order valence-electron chi connectivity index (χ1n) is 12.1. The van der Waals surface area contributed by atoms with Gasteiger partial charge in [-0.2, -0.15) is 10.2 Å². The third-order valence-electron chi connectivity index (χ3n) is 6.30. The highest BCUT2D eigenvalue weighted by Gasteiger charge is 2.26. The molecule has 4 aromatic rings. The zero-order chi connectivity index (χ0) is 25.2. The van der Waals surface area contributed by atoms with Gasteiger partial charge >= 0.3 is 6.09 Å². The Balaban J connectivity index is 1.24. The van der Waals surface area contributed by atoms with E-state index in [-0.39, 0.29) is 24.1 Å². The topological polar surface area (TPSA) is 107 Å². The normalized spacial score (nSPS) is 14.4. The zero-order valence-corrected chi connectivity index (χ0v) is 20.6. The maximum absolute atomic E-state index is 12.9. The Kier molecular flexibility index (Phi) is 6.41. The lowest BCUT2D eigenvalue weighted by Gasteiger charge is -2.31. The lowest BCUT2D eigenvalue weighted by atomic mass is 10.1. The van der Waals surface area contributed by atoms with E-state index in [1.165, 1.54) is 0 Å². The van der Waals surface area contributed by atoms with E-state index in [1.54, 1.807) is 28.2 Å². The van der Waals surface area contributed by atoms with Gasteiger partial charge in [-0.25, -0.2) is 9.78 Å². The first-order valence-corrected chi connectivity index (χ1v) is 12.1. The molecule has 36 heavy (non-hydrogen) atoms. The van der Waals surface area contributed by atoms with Crippen LogP contribution in [0.25, 0.3) is 21.9 Å². The molecule has 0 radical (unpaired) electrons. The molecule has 5 rings (SSSR count). The number of aryl methyl sites for hydroxylation is 1. The number of hydrogen-bond donors (Lipinski definition) is 1. The number of ether oxygens (including phenoxy) is 1. The zero-order valence-electron chi connectivity index (χ0n) is 20.6. The molecular weight excluding hydrogens is 458 g/mol. The summed E-state index contributed by atoms with van der Waals surface area (Å²) in [5.41, 5.74) is 2.53. The fourth-order valence-corrected chi connectivity index (χ4v) is 4.39. The quantitative estimate of drug-likeness (QED) is 0.451. The fourth-order valence-electron chi connectivity index (χ4n) is 4.39. The van der Waals surface area contributed by atoms with Crippen LogP contribution in [0.5, 0.6) is 0 Å². The molecule has 10 heteroatoms. The number of nitrogens with zero attached hydrogens (tertiary/aromatic N) is 6. The molecule has 3 aromatic heterocycles. The number of amides is 2. The molecule has 1 fully saturated rings. The van der Waals surface area contributed by atoms with Gasteiger partial charge in [0.25, 0.3) is 5.91 Å². The molecule has 0 spiro atoms. The van der Waals surface area contributed by atoms with Crippen molar-refractivity contribution >= 4 is 28.6 Å². The summed E-state index contributed by atoms with van der Waals surface area (Å²) in [6.07, 6.45) is 9.94. The van der Waals surface area contributed by atoms with Crippen LogP contribution in [0, 0.1) is 0 Å². The summed E-state index contributed by atoms with van der Waals surface area (Å²) in [6, 6.07) is 8.09. The van der Waals surface area contributed by atoms with Crippen LogP contribution in [0.4, 0.5) is 10.6 Å². The summed E-state index contributed by atoms with van der Waals surface area (Å²) in [7, 11) is 1.89. The molecule has 0 aliphatic carbocycles. The first kappa shape index (κ1) is 23.5. The van der Waals surface area contributed by atoms with Gasteiger partial charge in [-0.15, -0.1) is 0 Å². The molecule has 10 nitrogen and oxygen atoms in total. The van der Waals surface area contributed by atoms with Crippen LogP contribution < -0.4 is 5.32 Å².